The largest absolute Gasteiger partial charge is 0.455 e. The molecule has 2 aliphatic rings. The molecule has 0 saturated carbocycles. The van der Waals surface area contributed by atoms with Crippen molar-refractivity contribution in [2.75, 3.05) is 0 Å². The van der Waals surface area contributed by atoms with E-state index >= 15 is 0 Å². The molecule has 2 heterocycles. The highest BCUT2D eigenvalue weighted by Gasteiger charge is 2.27. The Morgan fingerprint density at radius 3 is 1.91 bits per heavy atom. The average molecular weight is 705 g/mol. The second-order valence-electron chi connectivity index (χ2n) is 14.7. The van der Waals surface area contributed by atoms with E-state index in [0.29, 0.717) is 11.8 Å². The summed E-state index contributed by atoms with van der Waals surface area (Å²) in [5.74, 6) is 0.703. The van der Waals surface area contributed by atoms with Crippen LogP contribution in [-0.2, 0) is 0 Å². The summed E-state index contributed by atoms with van der Waals surface area (Å²) in [6, 6.07) is 51.5. The molecule has 0 N–H and O–H groups in total. The van der Waals surface area contributed by atoms with Crippen LogP contribution >= 0.6 is 11.3 Å². The van der Waals surface area contributed by atoms with Crippen LogP contribution in [0.5, 0.6) is 0 Å². The van der Waals surface area contributed by atoms with E-state index < -0.39 is 0 Å². The molecule has 0 spiro atoms. The highest BCUT2D eigenvalue weighted by Crippen LogP contribution is 2.48. The molecular formula is C52H32OS. The van der Waals surface area contributed by atoms with Gasteiger partial charge in [-0.15, -0.1) is 11.3 Å². The highest BCUT2D eigenvalue weighted by atomic mass is 32.1. The van der Waals surface area contributed by atoms with Crippen LogP contribution in [-0.4, -0.2) is 0 Å². The molecule has 2 atom stereocenters. The van der Waals surface area contributed by atoms with Crippen molar-refractivity contribution < 1.29 is 4.42 Å². The van der Waals surface area contributed by atoms with Crippen LogP contribution in [0, 0.1) is 11.8 Å². The lowest BCUT2D eigenvalue weighted by Gasteiger charge is -2.29. The van der Waals surface area contributed by atoms with Crippen molar-refractivity contribution in [3.63, 3.8) is 0 Å². The third-order valence-corrected chi connectivity index (χ3v) is 13.0. The second kappa shape index (κ2) is 11.5. The zero-order valence-electron chi connectivity index (χ0n) is 29.3. The van der Waals surface area contributed by atoms with E-state index in [2.05, 4.69) is 182 Å². The second-order valence-corrected chi connectivity index (χ2v) is 15.8. The lowest BCUT2D eigenvalue weighted by Crippen LogP contribution is -2.15. The smallest absolute Gasteiger partial charge is 0.143 e. The molecule has 10 aromatic rings. The summed E-state index contributed by atoms with van der Waals surface area (Å²) in [4.78, 5) is 0. The van der Waals surface area contributed by atoms with Crippen LogP contribution in [0.25, 0.3) is 102 Å². The van der Waals surface area contributed by atoms with Gasteiger partial charge < -0.3 is 4.42 Å². The molecule has 0 fully saturated rings. The molecule has 54 heavy (non-hydrogen) atoms. The van der Waals surface area contributed by atoms with Crippen molar-refractivity contribution >= 4 is 91.3 Å². The molecule has 0 aliphatic heterocycles. The Labute approximate surface area is 316 Å². The first-order chi connectivity index (χ1) is 26.8. The first-order valence-electron chi connectivity index (χ1n) is 18.8. The number of hydrogen-bond donors (Lipinski definition) is 0. The van der Waals surface area contributed by atoms with Crippen molar-refractivity contribution in [1.29, 1.82) is 0 Å². The Morgan fingerprint density at radius 1 is 0.426 bits per heavy atom. The summed E-state index contributed by atoms with van der Waals surface area (Å²) >= 11 is 1.86. The molecular weight excluding hydrogens is 673 g/mol. The Morgan fingerprint density at radius 2 is 1.07 bits per heavy atom. The van der Waals surface area contributed by atoms with Gasteiger partial charge in [0.1, 0.15) is 11.2 Å². The topological polar surface area (TPSA) is 13.1 Å². The lowest BCUT2D eigenvalue weighted by molar-refractivity contribution is 0.673. The van der Waals surface area contributed by atoms with Crippen LogP contribution in [0.4, 0.5) is 0 Å². The van der Waals surface area contributed by atoms with E-state index in [-0.39, 0.29) is 0 Å². The van der Waals surface area contributed by atoms with Gasteiger partial charge in [-0.25, -0.2) is 0 Å². The molecule has 0 bridgehead atoms. The lowest BCUT2D eigenvalue weighted by atomic mass is 9.74. The molecule has 0 radical (unpaired) electrons. The standard InChI is InChI=1S/C52H32OS/c1-2-15-35-31(11-1)12-10-21-36(35)50-39-18-5-3-16-37(39)49(38-17-4-6-19-40(38)50)34-14-9-13-32(29-34)33-23-27-46-45(30-33)43-25-24-41-42(52(43)53-46)26-28-48-51(41)44-20-7-8-22-47(44)54-48/h1-31,35H. The fourth-order valence-electron chi connectivity index (χ4n) is 9.42. The van der Waals surface area contributed by atoms with Crippen LogP contribution in [0.3, 0.4) is 0 Å². The minimum Gasteiger partial charge on any atom is -0.455 e. The van der Waals surface area contributed by atoms with Gasteiger partial charge in [0.2, 0.25) is 0 Å². The maximum absolute atomic E-state index is 6.66. The molecule has 8 aromatic carbocycles. The molecule has 1 nitrogen and oxygen atoms in total. The number of furan rings is 1. The summed E-state index contributed by atoms with van der Waals surface area (Å²) in [6.45, 7) is 0. The summed E-state index contributed by atoms with van der Waals surface area (Å²) in [7, 11) is 0. The van der Waals surface area contributed by atoms with E-state index in [0.717, 1.165) is 27.3 Å². The van der Waals surface area contributed by atoms with E-state index in [1.54, 1.807) is 0 Å². The van der Waals surface area contributed by atoms with Gasteiger partial charge in [-0.05, 0) is 103 Å². The normalized spacial score (nSPS) is 16.8. The number of fused-ring (bicyclic) bond motifs is 12. The Balaban J connectivity index is 1.02. The number of benzene rings is 8. The summed E-state index contributed by atoms with van der Waals surface area (Å²) in [6.07, 6.45) is 16.0. The van der Waals surface area contributed by atoms with Crippen molar-refractivity contribution in [3.8, 4) is 22.3 Å². The van der Waals surface area contributed by atoms with Crippen molar-refractivity contribution in [2.45, 2.75) is 0 Å². The van der Waals surface area contributed by atoms with E-state index in [9.17, 15) is 0 Å². The molecule has 252 valence electrons. The maximum atomic E-state index is 6.66. The van der Waals surface area contributed by atoms with Gasteiger partial charge >= 0.3 is 0 Å². The molecule has 12 rings (SSSR count). The van der Waals surface area contributed by atoms with Gasteiger partial charge in [0.25, 0.3) is 0 Å². The SMILES string of the molecule is C1=CC2C=CC=C(c3c4ccccc4c(-c4cccc(-c5ccc6oc7c(ccc8c7ccc7sc9ccccc9c78)c6c5)c4)c4ccccc34)C2C=C1. The van der Waals surface area contributed by atoms with Gasteiger partial charge in [0, 0.05) is 48.2 Å². The Bertz CT molecular complexity index is 3290. The van der Waals surface area contributed by atoms with Crippen LogP contribution in [0.15, 0.2) is 186 Å². The van der Waals surface area contributed by atoms with E-state index in [1.165, 1.54) is 80.5 Å². The van der Waals surface area contributed by atoms with Crippen molar-refractivity contribution in [2.24, 2.45) is 11.8 Å². The summed E-state index contributed by atoms with van der Waals surface area (Å²) < 4.78 is 9.30. The van der Waals surface area contributed by atoms with E-state index in [1.807, 2.05) is 11.3 Å². The third-order valence-electron chi connectivity index (χ3n) is 11.8. The predicted molar refractivity (Wildman–Crippen MR) is 232 cm³/mol. The van der Waals surface area contributed by atoms with Gasteiger partial charge in [0.05, 0.1) is 0 Å². The van der Waals surface area contributed by atoms with Crippen LogP contribution in [0.1, 0.15) is 5.56 Å². The predicted octanol–water partition coefficient (Wildman–Crippen LogP) is 15.1. The monoisotopic (exact) mass is 704 g/mol. The molecule has 2 aliphatic carbocycles. The summed E-state index contributed by atoms with van der Waals surface area (Å²) in [5.41, 5.74) is 9.47. The van der Waals surface area contributed by atoms with Crippen LogP contribution < -0.4 is 0 Å². The molecule has 0 saturated heterocycles. The van der Waals surface area contributed by atoms with E-state index in [4.69, 9.17) is 4.42 Å². The Kier molecular flexibility index (Phi) is 6.40. The number of hydrogen-bond acceptors (Lipinski definition) is 2. The average Bonchev–Trinajstić information content (AvgIpc) is 3.81. The van der Waals surface area contributed by atoms with Gasteiger partial charge in [-0.1, -0.05) is 140 Å². The molecule has 0 amide bonds. The minimum atomic E-state index is 0.324. The first kappa shape index (κ1) is 30.0. The van der Waals surface area contributed by atoms with Crippen LogP contribution in [0.2, 0.25) is 0 Å². The molecule has 2 aromatic heterocycles. The zero-order chi connectivity index (χ0) is 35.3. The summed E-state index contributed by atoms with van der Waals surface area (Å²) in [5, 5.41) is 12.5. The maximum Gasteiger partial charge on any atom is 0.143 e. The molecule has 2 heteroatoms. The van der Waals surface area contributed by atoms with Crippen molar-refractivity contribution in [3.05, 3.63) is 188 Å². The molecule has 2 unspecified atom stereocenters. The van der Waals surface area contributed by atoms with Crippen molar-refractivity contribution in [1.82, 2.24) is 0 Å². The first-order valence-corrected chi connectivity index (χ1v) is 19.6. The zero-order valence-corrected chi connectivity index (χ0v) is 30.1. The highest BCUT2D eigenvalue weighted by molar-refractivity contribution is 7.26. The van der Waals surface area contributed by atoms with Gasteiger partial charge in [0.15, 0.2) is 0 Å². The Hall–Kier alpha value is -6.48. The number of rotatable bonds is 3. The number of allylic oxidation sites excluding steroid dienone is 8. The fraction of sp³-hybridized carbons (Fsp3) is 0.0385. The quantitative estimate of drug-likeness (QED) is 0.167. The third kappa shape index (κ3) is 4.32. The van der Waals surface area contributed by atoms with Gasteiger partial charge in [-0.3, -0.25) is 0 Å². The minimum absolute atomic E-state index is 0.324. The number of thiophene rings is 1. The van der Waals surface area contributed by atoms with Gasteiger partial charge in [-0.2, -0.15) is 0 Å². The fourth-order valence-corrected chi connectivity index (χ4v) is 10.5.